The Kier molecular flexibility index (Phi) is 7.84. The first-order valence-electron chi connectivity index (χ1n) is 6.39. The van der Waals surface area contributed by atoms with Gasteiger partial charge in [0.25, 0.3) is 0 Å². The fraction of sp³-hybridized carbons (Fsp3) is 0.538. The van der Waals surface area contributed by atoms with Gasteiger partial charge in [0, 0.05) is 19.7 Å². The van der Waals surface area contributed by atoms with Crippen molar-refractivity contribution in [1.82, 2.24) is 5.32 Å². The average Bonchev–Trinajstić information content (AvgIpc) is 2.39. The quantitative estimate of drug-likeness (QED) is 0.675. The summed E-state index contributed by atoms with van der Waals surface area (Å²) in [7, 11) is 0. The van der Waals surface area contributed by atoms with Crippen LogP contribution in [0.5, 0.6) is 11.5 Å². The standard InChI is InChI=1S/C13H17BrF3NO3/c1-2-19-7-5-18-6-8-20-10-3-4-12(11(14)9-10)21-13(15,16)17/h3-4,9,18H,2,5-8H2,1H3. The van der Waals surface area contributed by atoms with Crippen LogP contribution in [0, 0.1) is 0 Å². The van der Waals surface area contributed by atoms with Crippen molar-refractivity contribution in [2.45, 2.75) is 13.3 Å². The second-order valence-electron chi connectivity index (χ2n) is 3.94. The molecule has 0 radical (unpaired) electrons. The molecule has 1 aromatic carbocycles. The Morgan fingerprint density at radius 1 is 1.19 bits per heavy atom. The first-order valence-corrected chi connectivity index (χ1v) is 7.18. The maximum Gasteiger partial charge on any atom is 0.573 e. The van der Waals surface area contributed by atoms with Crippen LogP contribution in [0.15, 0.2) is 22.7 Å². The van der Waals surface area contributed by atoms with Gasteiger partial charge >= 0.3 is 6.36 Å². The summed E-state index contributed by atoms with van der Waals surface area (Å²) in [6.07, 6.45) is -4.71. The summed E-state index contributed by atoms with van der Waals surface area (Å²) in [6.45, 7) is 4.97. The Morgan fingerprint density at radius 2 is 1.90 bits per heavy atom. The van der Waals surface area contributed by atoms with Crippen molar-refractivity contribution < 1.29 is 27.4 Å². The Labute approximate surface area is 129 Å². The van der Waals surface area contributed by atoms with Crippen molar-refractivity contribution in [3.63, 3.8) is 0 Å². The van der Waals surface area contributed by atoms with E-state index in [0.717, 1.165) is 6.54 Å². The largest absolute Gasteiger partial charge is 0.573 e. The lowest BCUT2D eigenvalue weighted by Gasteiger charge is -2.12. The van der Waals surface area contributed by atoms with Crippen LogP contribution in [0.3, 0.4) is 0 Å². The molecule has 0 unspecified atom stereocenters. The summed E-state index contributed by atoms with van der Waals surface area (Å²) in [6, 6.07) is 4.06. The predicted molar refractivity (Wildman–Crippen MR) is 75.7 cm³/mol. The fourth-order valence-corrected chi connectivity index (χ4v) is 1.87. The number of ether oxygens (including phenoxy) is 3. The van der Waals surface area contributed by atoms with Crippen LogP contribution < -0.4 is 14.8 Å². The average molecular weight is 372 g/mol. The van der Waals surface area contributed by atoms with Gasteiger partial charge in [0.15, 0.2) is 0 Å². The highest BCUT2D eigenvalue weighted by atomic mass is 79.9. The maximum absolute atomic E-state index is 12.1. The summed E-state index contributed by atoms with van der Waals surface area (Å²) in [5.41, 5.74) is 0. The first-order chi connectivity index (χ1) is 9.92. The second kappa shape index (κ2) is 9.11. The monoisotopic (exact) mass is 371 g/mol. The summed E-state index contributed by atoms with van der Waals surface area (Å²) < 4.78 is 50.9. The third kappa shape index (κ3) is 8.13. The number of hydrogen-bond donors (Lipinski definition) is 1. The van der Waals surface area contributed by atoms with Gasteiger partial charge in [-0.25, -0.2) is 0 Å². The Bertz CT molecular complexity index is 430. The van der Waals surface area contributed by atoms with E-state index in [1.54, 1.807) is 0 Å². The highest BCUT2D eigenvalue weighted by Crippen LogP contribution is 2.33. The zero-order valence-electron chi connectivity index (χ0n) is 11.5. The van der Waals surface area contributed by atoms with E-state index in [4.69, 9.17) is 9.47 Å². The molecule has 1 rings (SSSR count). The van der Waals surface area contributed by atoms with Gasteiger partial charge in [-0.3, -0.25) is 0 Å². The number of halogens is 4. The van der Waals surface area contributed by atoms with Gasteiger partial charge in [-0.15, -0.1) is 13.2 Å². The van der Waals surface area contributed by atoms with Gasteiger partial charge in [0.05, 0.1) is 11.1 Å². The molecule has 0 bridgehead atoms. The number of nitrogens with one attached hydrogen (secondary N) is 1. The molecule has 0 aliphatic heterocycles. The number of rotatable bonds is 9. The molecule has 0 spiro atoms. The molecule has 21 heavy (non-hydrogen) atoms. The molecular formula is C13H17BrF3NO3. The van der Waals surface area contributed by atoms with E-state index in [2.05, 4.69) is 26.0 Å². The summed E-state index contributed by atoms with van der Waals surface area (Å²) in [5, 5.41) is 3.11. The molecule has 0 amide bonds. The van der Waals surface area contributed by atoms with E-state index in [9.17, 15) is 13.2 Å². The summed E-state index contributed by atoms with van der Waals surface area (Å²) in [4.78, 5) is 0. The van der Waals surface area contributed by atoms with Crippen LogP contribution >= 0.6 is 15.9 Å². The minimum absolute atomic E-state index is 0.182. The highest BCUT2D eigenvalue weighted by molar-refractivity contribution is 9.10. The van der Waals surface area contributed by atoms with Gasteiger partial charge in [-0.1, -0.05) is 0 Å². The van der Waals surface area contributed by atoms with Crippen molar-refractivity contribution in [2.75, 3.05) is 32.9 Å². The SMILES string of the molecule is CCOCCNCCOc1ccc(OC(F)(F)F)c(Br)c1. The molecular weight excluding hydrogens is 355 g/mol. The van der Waals surface area contributed by atoms with Crippen molar-refractivity contribution in [3.05, 3.63) is 22.7 Å². The predicted octanol–water partition coefficient (Wildman–Crippen LogP) is 3.35. The number of hydrogen-bond acceptors (Lipinski definition) is 4. The van der Waals surface area contributed by atoms with E-state index in [0.29, 0.717) is 32.1 Å². The van der Waals surface area contributed by atoms with Crippen molar-refractivity contribution in [1.29, 1.82) is 0 Å². The van der Waals surface area contributed by atoms with Gasteiger partial charge in [0.1, 0.15) is 18.1 Å². The zero-order valence-corrected chi connectivity index (χ0v) is 13.1. The second-order valence-corrected chi connectivity index (χ2v) is 4.79. The minimum Gasteiger partial charge on any atom is -0.492 e. The summed E-state index contributed by atoms with van der Waals surface area (Å²) in [5.74, 6) is 0.160. The van der Waals surface area contributed by atoms with Gasteiger partial charge in [-0.05, 0) is 41.1 Å². The smallest absolute Gasteiger partial charge is 0.492 e. The first kappa shape index (κ1) is 18.1. The molecule has 0 aromatic heterocycles. The molecule has 0 aliphatic rings. The molecule has 120 valence electrons. The lowest BCUT2D eigenvalue weighted by Crippen LogP contribution is -2.25. The van der Waals surface area contributed by atoms with E-state index in [-0.39, 0.29) is 10.2 Å². The van der Waals surface area contributed by atoms with Crippen LogP contribution in [-0.2, 0) is 4.74 Å². The normalized spacial score (nSPS) is 11.5. The van der Waals surface area contributed by atoms with Crippen LogP contribution in [0.4, 0.5) is 13.2 Å². The van der Waals surface area contributed by atoms with Crippen LogP contribution in [0.2, 0.25) is 0 Å². The van der Waals surface area contributed by atoms with Crippen molar-refractivity contribution in [2.24, 2.45) is 0 Å². The van der Waals surface area contributed by atoms with Gasteiger partial charge < -0.3 is 19.5 Å². The lowest BCUT2D eigenvalue weighted by molar-refractivity contribution is -0.274. The van der Waals surface area contributed by atoms with Gasteiger partial charge in [-0.2, -0.15) is 0 Å². The lowest BCUT2D eigenvalue weighted by atomic mass is 10.3. The van der Waals surface area contributed by atoms with Crippen molar-refractivity contribution in [3.8, 4) is 11.5 Å². The van der Waals surface area contributed by atoms with E-state index >= 15 is 0 Å². The third-order valence-corrected chi connectivity index (χ3v) is 2.92. The van der Waals surface area contributed by atoms with Crippen LogP contribution in [-0.4, -0.2) is 39.3 Å². The Morgan fingerprint density at radius 3 is 2.52 bits per heavy atom. The van der Waals surface area contributed by atoms with E-state index in [1.807, 2.05) is 6.92 Å². The van der Waals surface area contributed by atoms with E-state index in [1.165, 1.54) is 18.2 Å². The fourth-order valence-electron chi connectivity index (χ4n) is 1.43. The minimum atomic E-state index is -4.71. The zero-order chi connectivity index (χ0) is 15.7. The molecule has 1 aromatic rings. The van der Waals surface area contributed by atoms with E-state index < -0.39 is 6.36 Å². The number of alkyl halides is 3. The third-order valence-electron chi connectivity index (χ3n) is 2.30. The topological polar surface area (TPSA) is 39.7 Å². The Balaban J connectivity index is 2.32. The molecule has 0 saturated heterocycles. The maximum atomic E-state index is 12.1. The molecule has 4 nitrogen and oxygen atoms in total. The molecule has 0 aliphatic carbocycles. The molecule has 8 heteroatoms. The van der Waals surface area contributed by atoms with Crippen LogP contribution in [0.25, 0.3) is 0 Å². The van der Waals surface area contributed by atoms with Crippen molar-refractivity contribution >= 4 is 15.9 Å². The van der Waals surface area contributed by atoms with Crippen LogP contribution in [0.1, 0.15) is 6.92 Å². The molecule has 0 heterocycles. The molecule has 0 fully saturated rings. The number of benzene rings is 1. The highest BCUT2D eigenvalue weighted by Gasteiger charge is 2.31. The van der Waals surface area contributed by atoms with Gasteiger partial charge in [0.2, 0.25) is 0 Å². The molecule has 0 saturated carbocycles. The molecule has 1 N–H and O–H groups in total. The Hall–Kier alpha value is -0.990. The summed E-state index contributed by atoms with van der Waals surface area (Å²) >= 11 is 3.01. The molecule has 0 atom stereocenters.